The van der Waals surface area contributed by atoms with Gasteiger partial charge < -0.3 is 9.57 Å². The molecule has 0 bridgehead atoms. The molecule has 0 spiro atoms. The number of hydrogen-bond acceptors (Lipinski definition) is 3. The first-order valence-corrected chi connectivity index (χ1v) is 5.74. The van der Waals surface area contributed by atoms with Gasteiger partial charge in [0.25, 0.3) is 0 Å². The third-order valence-corrected chi connectivity index (χ3v) is 3.89. The smallest absolute Gasteiger partial charge is 0.164 e. The average Bonchev–Trinajstić information content (AvgIpc) is 2.70. The summed E-state index contributed by atoms with van der Waals surface area (Å²) in [4.78, 5) is 5.49. The molecule has 3 heteroatoms. The molecular formula is C11H17NO2. The highest BCUT2D eigenvalue weighted by atomic mass is 16.7. The van der Waals surface area contributed by atoms with Gasteiger partial charge in [-0.05, 0) is 19.3 Å². The maximum atomic E-state index is 5.49. The zero-order valence-corrected chi connectivity index (χ0v) is 8.77. The van der Waals surface area contributed by atoms with E-state index in [2.05, 4.69) is 19.0 Å². The van der Waals surface area contributed by atoms with Gasteiger partial charge in [-0.2, -0.15) is 0 Å². The fourth-order valence-electron chi connectivity index (χ4n) is 2.94. The summed E-state index contributed by atoms with van der Waals surface area (Å²) in [7, 11) is 0. The van der Waals surface area contributed by atoms with Crippen molar-refractivity contribution in [3.63, 3.8) is 0 Å². The summed E-state index contributed by atoms with van der Waals surface area (Å²) >= 11 is 0. The molecule has 3 aliphatic rings. The lowest BCUT2D eigenvalue weighted by atomic mass is 9.86. The first-order valence-electron chi connectivity index (χ1n) is 5.74. The molecule has 0 aromatic carbocycles. The van der Waals surface area contributed by atoms with Crippen molar-refractivity contribution < 1.29 is 9.57 Å². The van der Waals surface area contributed by atoms with E-state index in [-0.39, 0.29) is 6.10 Å². The molecule has 78 valence electrons. The zero-order chi connectivity index (χ0) is 9.71. The molecule has 1 aliphatic carbocycles. The lowest BCUT2D eigenvalue weighted by Crippen LogP contribution is -2.27. The molecule has 3 nitrogen and oxygen atoms in total. The largest absolute Gasteiger partial charge is 0.389 e. The van der Waals surface area contributed by atoms with Crippen molar-refractivity contribution >= 4 is 5.71 Å². The van der Waals surface area contributed by atoms with E-state index in [1.165, 1.54) is 18.6 Å². The number of rotatable bonds is 3. The standard InChI is InChI=1S/C11H17NO2/c1-3-6(4-2)9-7-5-8-11(13-8)10(7)14-12-9/h6-8,10-11H,3-5H2,1-2H3/t7-,8+,10+,11+/m1/s1. The number of epoxide rings is 1. The normalized spacial score (nSPS) is 43.2. The van der Waals surface area contributed by atoms with Crippen LogP contribution >= 0.6 is 0 Å². The summed E-state index contributed by atoms with van der Waals surface area (Å²) in [6.45, 7) is 4.46. The van der Waals surface area contributed by atoms with Gasteiger partial charge in [-0.15, -0.1) is 0 Å². The van der Waals surface area contributed by atoms with Crippen molar-refractivity contribution in [3.8, 4) is 0 Å². The molecule has 0 unspecified atom stereocenters. The van der Waals surface area contributed by atoms with E-state index in [0.717, 1.165) is 6.42 Å². The lowest BCUT2D eigenvalue weighted by Gasteiger charge is -2.17. The highest BCUT2D eigenvalue weighted by molar-refractivity contribution is 5.90. The van der Waals surface area contributed by atoms with Crippen LogP contribution in [-0.2, 0) is 9.57 Å². The minimum Gasteiger partial charge on any atom is -0.389 e. The molecule has 0 aromatic rings. The van der Waals surface area contributed by atoms with Crippen molar-refractivity contribution in [1.29, 1.82) is 0 Å². The number of hydrogen-bond donors (Lipinski definition) is 0. The second-order valence-corrected chi connectivity index (χ2v) is 4.58. The fourth-order valence-corrected chi connectivity index (χ4v) is 2.94. The van der Waals surface area contributed by atoms with Crippen LogP contribution in [0.1, 0.15) is 33.1 Å². The Kier molecular flexibility index (Phi) is 1.84. The van der Waals surface area contributed by atoms with Gasteiger partial charge >= 0.3 is 0 Å². The number of oxime groups is 1. The van der Waals surface area contributed by atoms with Gasteiger partial charge in [0.05, 0.1) is 11.8 Å². The zero-order valence-electron chi connectivity index (χ0n) is 8.77. The minimum absolute atomic E-state index is 0.260. The van der Waals surface area contributed by atoms with Gasteiger partial charge in [0.2, 0.25) is 0 Å². The predicted molar refractivity (Wildman–Crippen MR) is 53.1 cm³/mol. The van der Waals surface area contributed by atoms with E-state index in [4.69, 9.17) is 9.57 Å². The van der Waals surface area contributed by atoms with Crippen LogP contribution < -0.4 is 0 Å². The van der Waals surface area contributed by atoms with Gasteiger partial charge in [-0.3, -0.25) is 0 Å². The van der Waals surface area contributed by atoms with E-state index in [0.29, 0.717) is 24.0 Å². The number of fused-ring (bicyclic) bond motifs is 3. The summed E-state index contributed by atoms with van der Waals surface area (Å²) in [5, 5.41) is 4.28. The fraction of sp³-hybridized carbons (Fsp3) is 0.909. The maximum Gasteiger partial charge on any atom is 0.164 e. The highest BCUT2D eigenvalue weighted by Gasteiger charge is 2.61. The molecule has 14 heavy (non-hydrogen) atoms. The van der Waals surface area contributed by atoms with Crippen LogP contribution in [0.3, 0.4) is 0 Å². The number of ether oxygens (including phenoxy) is 1. The topological polar surface area (TPSA) is 34.1 Å². The second-order valence-electron chi connectivity index (χ2n) is 4.58. The van der Waals surface area contributed by atoms with Crippen LogP contribution in [-0.4, -0.2) is 24.0 Å². The molecule has 2 aliphatic heterocycles. The third-order valence-electron chi connectivity index (χ3n) is 3.89. The molecular weight excluding hydrogens is 178 g/mol. The van der Waals surface area contributed by atoms with Gasteiger partial charge in [-0.25, -0.2) is 0 Å². The van der Waals surface area contributed by atoms with Crippen LogP contribution in [0.25, 0.3) is 0 Å². The van der Waals surface area contributed by atoms with Crippen molar-refractivity contribution in [1.82, 2.24) is 0 Å². The molecule has 1 saturated carbocycles. The SMILES string of the molecule is CCC(CC)C1=NO[C@@H]2[C@H]3O[C@H]3C[C@H]12. The molecule has 3 rings (SSSR count). The quantitative estimate of drug-likeness (QED) is 0.645. The van der Waals surface area contributed by atoms with Crippen LogP contribution in [0.15, 0.2) is 5.16 Å². The third kappa shape index (κ3) is 1.05. The summed E-state index contributed by atoms with van der Waals surface area (Å²) in [5.74, 6) is 1.20. The summed E-state index contributed by atoms with van der Waals surface area (Å²) in [5.41, 5.74) is 1.32. The molecule has 1 saturated heterocycles. The first-order chi connectivity index (χ1) is 6.85. The molecule has 0 radical (unpaired) electrons. The Balaban J connectivity index is 1.76. The van der Waals surface area contributed by atoms with Crippen LogP contribution in [0.5, 0.6) is 0 Å². The summed E-state index contributed by atoms with van der Waals surface area (Å²) in [6.07, 6.45) is 4.62. The summed E-state index contributed by atoms with van der Waals surface area (Å²) < 4.78 is 5.46. The molecule has 2 heterocycles. The average molecular weight is 195 g/mol. The van der Waals surface area contributed by atoms with Crippen molar-refractivity contribution in [2.75, 3.05) is 0 Å². The Hall–Kier alpha value is -0.570. The maximum absolute atomic E-state index is 5.49. The Bertz CT molecular complexity index is 272. The Morgan fingerprint density at radius 3 is 2.86 bits per heavy atom. The van der Waals surface area contributed by atoms with E-state index in [9.17, 15) is 0 Å². The molecule has 2 fully saturated rings. The van der Waals surface area contributed by atoms with Crippen molar-refractivity contribution in [3.05, 3.63) is 0 Å². The van der Waals surface area contributed by atoms with Gasteiger partial charge in [0.15, 0.2) is 6.10 Å². The Morgan fingerprint density at radius 2 is 2.14 bits per heavy atom. The van der Waals surface area contributed by atoms with Gasteiger partial charge in [0.1, 0.15) is 6.10 Å². The first kappa shape index (κ1) is 8.72. The highest BCUT2D eigenvalue weighted by Crippen LogP contribution is 2.48. The van der Waals surface area contributed by atoms with E-state index >= 15 is 0 Å². The second kappa shape index (κ2) is 2.96. The molecule has 0 N–H and O–H groups in total. The van der Waals surface area contributed by atoms with Crippen molar-refractivity contribution in [2.45, 2.75) is 51.4 Å². The lowest BCUT2D eigenvalue weighted by molar-refractivity contribution is 0.0382. The monoisotopic (exact) mass is 195 g/mol. The van der Waals surface area contributed by atoms with Crippen molar-refractivity contribution in [2.24, 2.45) is 17.0 Å². The van der Waals surface area contributed by atoms with Gasteiger partial charge in [0, 0.05) is 11.8 Å². The van der Waals surface area contributed by atoms with Crippen LogP contribution in [0.4, 0.5) is 0 Å². The van der Waals surface area contributed by atoms with E-state index in [1.807, 2.05) is 0 Å². The molecule has 0 amide bonds. The van der Waals surface area contributed by atoms with Crippen LogP contribution in [0, 0.1) is 11.8 Å². The predicted octanol–water partition coefficient (Wildman–Crippen LogP) is 1.96. The molecule has 4 atom stereocenters. The Morgan fingerprint density at radius 1 is 1.36 bits per heavy atom. The number of nitrogens with zero attached hydrogens (tertiary/aromatic N) is 1. The van der Waals surface area contributed by atoms with Gasteiger partial charge in [-0.1, -0.05) is 19.0 Å². The summed E-state index contributed by atoms with van der Waals surface area (Å²) in [6, 6.07) is 0. The minimum atomic E-state index is 0.260. The van der Waals surface area contributed by atoms with E-state index in [1.54, 1.807) is 0 Å². The molecule has 0 aromatic heterocycles. The Labute approximate surface area is 84.4 Å². The van der Waals surface area contributed by atoms with E-state index < -0.39 is 0 Å². The van der Waals surface area contributed by atoms with Crippen LogP contribution in [0.2, 0.25) is 0 Å².